The second-order valence-electron chi connectivity index (χ2n) is 5.16. The van der Waals surface area contributed by atoms with Gasteiger partial charge in [-0.25, -0.2) is 0 Å². The Kier molecular flexibility index (Phi) is 3.60. The number of hydrogen-bond acceptors (Lipinski definition) is 4. The van der Waals surface area contributed by atoms with Crippen LogP contribution in [0.1, 0.15) is 49.5 Å². The molecule has 1 saturated carbocycles. The molecule has 0 bridgehead atoms. The topological polar surface area (TPSA) is 64.9 Å². The number of nitrogens with zero attached hydrogens (tertiary/aromatic N) is 2. The van der Waals surface area contributed by atoms with Crippen molar-refractivity contribution >= 4 is 0 Å². The molecule has 1 fully saturated rings. The molecule has 4 nitrogen and oxygen atoms in total. The van der Waals surface area contributed by atoms with Crippen molar-refractivity contribution in [2.45, 2.75) is 44.6 Å². The van der Waals surface area contributed by atoms with Crippen LogP contribution in [0, 0.1) is 0 Å². The molecule has 1 aliphatic carbocycles. The smallest absolute Gasteiger partial charge is 0.247 e. The predicted molar refractivity (Wildman–Crippen MR) is 73.5 cm³/mol. The first-order valence-corrected chi connectivity index (χ1v) is 6.99. The first-order valence-electron chi connectivity index (χ1n) is 6.99. The quantitative estimate of drug-likeness (QED) is 0.916. The predicted octanol–water partition coefficient (Wildman–Crippen LogP) is 3.24. The van der Waals surface area contributed by atoms with Gasteiger partial charge in [-0.3, -0.25) is 0 Å². The largest absolute Gasteiger partial charge is 0.419 e. The highest BCUT2D eigenvalue weighted by Crippen LogP contribution is 2.33. The monoisotopic (exact) mass is 257 g/mol. The lowest BCUT2D eigenvalue weighted by Crippen LogP contribution is -2.04. The Morgan fingerprint density at radius 2 is 1.79 bits per heavy atom. The molecule has 0 aliphatic heterocycles. The van der Waals surface area contributed by atoms with Crippen LogP contribution >= 0.6 is 0 Å². The zero-order chi connectivity index (χ0) is 13.1. The lowest BCUT2D eigenvalue weighted by atomic mass is 9.84. The highest BCUT2D eigenvalue weighted by Gasteiger charge is 2.15. The average Bonchev–Trinajstić information content (AvgIpc) is 2.97. The minimum atomic E-state index is 0.285. The van der Waals surface area contributed by atoms with Crippen molar-refractivity contribution in [3.8, 4) is 11.5 Å². The van der Waals surface area contributed by atoms with Gasteiger partial charge in [0.15, 0.2) is 0 Å². The van der Waals surface area contributed by atoms with Crippen molar-refractivity contribution in [3.05, 3.63) is 35.7 Å². The Morgan fingerprint density at radius 3 is 2.42 bits per heavy atom. The summed E-state index contributed by atoms with van der Waals surface area (Å²) in [5, 5.41) is 7.88. The maximum Gasteiger partial charge on any atom is 0.247 e. The van der Waals surface area contributed by atoms with Gasteiger partial charge in [0.1, 0.15) is 0 Å². The van der Waals surface area contributed by atoms with Gasteiger partial charge in [0.05, 0.1) is 6.54 Å². The van der Waals surface area contributed by atoms with Gasteiger partial charge in [0.2, 0.25) is 11.8 Å². The van der Waals surface area contributed by atoms with E-state index in [9.17, 15) is 0 Å². The summed E-state index contributed by atoms with van der Waals surface area (Å²) < 4.78 is 5.46. The fourth-order valence-electron chi connectivity index (χ4n) is 2.79. The average molecular weight is 257 g/mol. The van der Waals surface area contributed by atoms with Crippen molar-refractivity contribution in [2.24, 2.45) is 5.73 Å². The van der Waals surface area contributed by atoms with E-state index in [1.165, 1.54) is 37.7 Å². The molecule has 100 valence electrons. The molecule has 0 amide bonds. The van der Waals surface area contributed by atoms with Crippen LogP contribution in [-0.2, 0) is 6.54 Å². The molecule has 0 atom stereocenters. The molecule has 4 heteroatoms. The molecule has 0 saturated heterocycles. The third kappa shape index (κ3) is 2.68. The Morgan fingerprint density at radius 1 is 1.05 bits per heavy atom. The van der Waals surface area contributed by atoms with Crippen LogP contribution < -0.4 is 5.73 Å². The SMILES string of the molecule is NCc1nnc(-c2ccc(C3CCCCC3)cc2)o1. The van der Waals surface area contributed by atoms with Gasteiger partial charge in [-0.2, -0.15) is 0 Å². The third-order valence-corrected chi connectivity index (χ3v) is 3.88. The summed E-state index contributed by atoms with van der Waals surface area (Å²) in [5.41, 5.74) is 7.86. The Balaban J connectivity index is 1.78. The van der Waals surface area contributed by atoms with Crippen LogP contribution in [0.3, 0.4) is 0 Å². The van der Waals surface area contributed by atoms with Gasteiger partial charge in [-0.15, -0.1) is 10.2 Å². The number of benzene rings is 1. The summed E-state index contributed by atoms with van der Waals surface area (Å²) in [6, 6.07) is 8.52. The summed E-state index contributed by atoms with van der Waals surface area (Å²) >= 11 is 0. The van der Waals surface area contributed by atoms with E-state index in [1.807, 2.05) is 0 Å². The molecule has 2 aromatic rings. The molecule has 1 aromatic carbocycles. The lowest BCUT2D eigenvalue weighted by Gasteiger charge is -2.21. The standard InChI is InChI=1S/C15H19N3O/c16-10-14-17-18-15(19-14)13-8-6-12(7-9-13)11-4-2-1-3-5-11/h6-9,11H,1-5,10,16H2. The Hall–Kier alpha value is -1.68. The molecular weight excluding hydrogens is 238 g/mol. The van der Waals surface area contributed by atoms with Crippen molar-refractivity contribution in [1.82, 2.24) is 10.2 Å². The van der Waals surface area contributed by atoms with E-state index >= 15 is 0 Å². The number of aromatic nitrogens is 2. The summed E-state index contributed by atoms with van der Waals surface area (Å²) in [6.07, 6.45) is 6.73. The molecule has 19 heavy (non-hydrogen) atoms. The van der Waals surface area contributed by atoms with E-state index in [1.54, 1.807) is 0 Å². The van der Waals surface area contributed by atoms with Gasteiger partial charge >= 0.3 is 0 Å². The van der Waals surface area contributed by atoms with Gasteiger partial charge in [-0.1, -0.05) is 31.4 Å². The van der Waals surface area contributed by atoms with E-state index in [-0.39, 0.29) is 6.54 Å². The van der Waals surface area contributed by atoms with E-state index < -0.39 is 0 Å². The molecule has 0 radical (unpaired) electrons. The zero-order valence-electron chi connectivity index (χ0n) is 11.0. The van der Waals surface area contributed by atoms with E-state index in [0.29, 0.717) is 11.8 Å². The summed E-state index contributed by atoms with van der Waals surface area (Å²) in [4.78, 5) is 0. The maximum absolute atomic E-state index is 5.47. The van der Waals surface area contributed by atoms with Crippen LogP contribution in [0.4, 0.5) is 0 Å². The molecule has 0 spiro atoms. The number of rotatable bonds is 3. The normalized spacial score (nSPS) is 16.7. The molecular formula is C15H19N3O. The van der Waals surface area contributed by atoms with Gasteiger partial charge in [-0.05, 0) is 36.5 Å². The summed E-state index contributed by atoms with van der Waals surface area (Å²) in [5.74, 6) is 1.76. The van der Waals surface area contributed by atoms with Crippen LogP contribution in [0.5, 0.6) is 0 Å². The Bertz CT molecular complexity index is 527. The van der Waals surface area contributed by atoms with Crippen molar-refractivity contribution < 1.29 is 4.42 Å². The van der Waals surface area contributed by atoms with Crippen LogP contribution in [-0.4, -0.2) is 10.2 Å². The van der Waals surface area contributed by atoms with E-state index in [4.69, 9.17) is 10.2 Å². The van der Waals surface area contributed by atoms with Gasteiger partial charge < -0.3 is 10.2 Å². The second-order valence-corrected chi connectivity index (χ2v) is 5.16. The van der Waals surface area contributed by atoms with Crippen molar-refractivity contribution in [2.75, 3.05) is 0 Å². The third-order valence-electron chi connectivity index (χ3n) is 3.88. The minimum absolute atomic E-state index is 0.285. The van der Waals surface area contributed by atoms with Crippen molar-refractivity contribution in [1.29, 1.82) is 0 Å². The molecule has 0 unspecified atom stereocenters. The number of hydrogen-bond donors (Lipinski definition) is 1. The molecule has 1 aliphatic rings. The second kappa shape index (κ2) is 5.53. The molecule has 2 N–H and O–H groups in total. The highest BCUT2D eigenvalue weighted by molar-refractivity contribution is 5.53. The lowest BCUT2D eigenvalue weighted by molar-refractivity contribution is 0.443. The van der Waals surface area contributed by atoms with E-state index in [2.05, 4.69) is 34.5 Å². The number of nitrogens with two attached hydrogens (primary N) is 1. The summed E-state index contributed by atoms with van der Waals surface area (Å²) in [7, 11) is 0. The van der Waals surface area contributed by atoms with Crippen LogP contribution in [0.2, 0.25) is 0 Å². The van der Waals surface area contributed by atoms with Gasteiger partial charge in [0.25, 0.3) is 0 Å². The maximum atomic E-state index is 5.47. The first kappa shape index (κ1) is 12.4. The zero-order valence-corrected chi connectivity index (χ0v) is 11.0. The first-order chi connectivity index (χ1) is 9.36. The van der Waals surface area contributed by atoms with Gasteiger partial charge in [0, 0.05) is 5.56 Å². The fourth-order valence-corrected chi connectivity index (χ4v) is 2.79. The van der Waals surface area contributed by atoms with E-state index in [0.717, 1.165) is 11.5 Å². The van der Waals surface area contributed by atoms with Crippen LogP contribution in [0.15, 0.2) is 28.7 Å². The Labute approximate surface area is 113 Å². The highest BCUT2D eigenvalue weighted by atomic mass is 16.4. The molecule has 3 rings (SSSR count). The molecule has 1 heterocycles. The van der Waals surface area contributed by atoms with Crippen molar-refractivity contribution in [3.63, 3.8) is 0 Å². The molecule has 1 aromatic heterocycles. The minimum Gasteiger partial charge on any atom is -0.419 e. The summed E-state index contributed by atoms with van der Waals surface area (Å²) in [6.45, 7) is 0.285. The fraction of sp³-hybridized carbons (Fsp3) is 0.467. The van der Waals surface area contributed by atoms with Crippen LogP contribution in [0.25, 0.3) is 11.5 Å².